The molecule has 0 aliphatic heterocycles. The Morgan fingerprint density at radius 1 is 1.50 bits per heavy atom. The van der Waals surface area contributed by atoms with Crippen LogP contribution in [0.25, 0.3) is 0 Å². The number of rotatable bonds is 4. The van der Waals surface area contributed by atoms with Gasteiger partial charge in [0.05, 0.1) is 13.2 Å². The zero-order chi connectivity index (χ0) is 13.5. The van der Waals surface area contributed by atoms with Crippen LogP contribution in [0.3, 0.4) is 0 Å². The van der Waals surface area contributed by atoms with Crippen molar-refractivity contribution in [3.8, 4) is 11.8 Å². The molecule has 0 spiro atoms. The van der Waals surface area contributed by atoms with Crippen molar-refractivity contribution in [2.45, 2.75) is 19.5 Å². The highest BCUT2D eigenvalue weighted by molar-refractivity contribution is 5.37. The molecule has 0 amide bonds. The first-order valence-corrected chi connectivity index (χ1v) is 5.87. The molecule has 0 aromatic heterocycles. The zero-order valence-electron chi connectivity index (χ0n) is 10.8. The second-order valence-corrected chi connectivity index (χ2v) is 4.26. The fourth-order valence-corrected chi connectivity index (χ4v) is 1.47. The second kappa shape index (κ2) is 7.12. The van der Waals surface area contributed by atoms with Crippen LogP contribution in [0.2, 0.25) is 0 Å². The van der Waals surface area contributed by atoms with Crippen molar-refractivity contribution in [2.75, 3.05) is 20.2 Å². The maximum Gasteiger partial charge on any atom is 0.128 e. The van der Waals surface area contributed by atoms with E-state index in [1.54, 1.807) is 12.1 Å². The lowest BCUT2D eigenvalue weighted by molar-refractivity contribution is 0.153. The van der Waals surface area contributed by atoms with E-state index in [-0.39, 0.29) is 25.0 Å². The third kappa shape index (κ3) is 4.11. The maximum atomic E-state index is 13.8. The highest BCUT2D eigenvalue weighted by atomic mass is 19.1. The van der Waals surface area contributed by atoms with Crippen molar-refractivity contribution in [3.05, 3.63) is 35.1 Å². The second-order valence-electron chi connectivity index (χ2n) is 4.26. The van der Waals surface area contributed by atoms with Gasteiger partial charge in [0.15, 0.2) is 0 Å². The van der Waals surface area contributed by atoms with Crippen LogP contribution in [0.4, 0.5) is 4.39 Å². The lowest BCUT2D eigenvalue weighted by atomic mass is 10.1. The van der Waals surface area contributed by atoms with Crippen molar-refractivity contribution < 1.29 is 9.50 Å². The van der Waals surface area contributed by atoms with Crippen molar-refractivity contribution in [3.63, 3.8) is 0 Å². The van der Waals surface area contributed by atoms with Crippen molar-refractivity contribution >= 4 is 0 Å². The zero-order valence-corrected chi connectivity index (χ0v) is 10.8. The number of halogens is 1. The first kappa shape index (κ1) is 14.7. The molecule has 4 heteroatoms. The summed E-state index contributed by atoms with van der Waals surface area (Å²) in [7, 11) is 1.85. The molecule has 1 rings (SSSR count). The molecule has 0 saturated heterocycles. The fourth-order valence-electron chi connectivity index (χ4n) is 1.47. The summed E-state index contributed by atoms with van der Waals surface area (Å²) >= 11 is 0. The van der Waals surface area contributed by atoms with Gasteiger partial charge in [-0.3, -0.25) is 4.90 Å². The van der Waals surface area contributed by atoms with Gasteiger partial charge >= 0.3 is 0 Å². The molecule has 3 nitrogen and oxygen atoms in total. The SMILES string of the molecule is CC(CO)N(C)Cc1ccc(C#CCN)cc1F. The molecule has 0 heterocycles. The molecule has 1 aromatic carbocycles. The van der Waals surface area contributed by atoms with Gasteiger partial charge in [-0.05, 0) is 26.1 Å². The van der Waals surface area contributed by atoms with E-state index in [4.69, 9.17) is 10.8 Å². The Morgan fingerprint density at radius 3 is 2.78 bits per heavy atom. The van der Waals surface area contributed by atoms with Crippen LogP contribution in [-0.4, -0.2) is 36.2 Å². The van der Waals surface area contributed by atoms with Gasteiger partial charge in [0, 0.05) is 23.7 Å². The lowest BCUT2D eigenvalue weighted by Gasteiger charge is -2.22. The Hall–Kier alpha value is -1.41. The van der Waals surface area contributed by atoms with Crippen LogP contribution in [0.5, 0.6) is 0 Å². The van der Waals surface area contributed by atoms with Gasteiger partial charge in [-0.2, -0.15) is 0 Å². The summed E-state index contributed by atoms with van der Waals surface area (Å²) in [5.41, 5.74) is 6.48. The summed E-state index contributed by atoms with van der Waals surface area (Å²) in [5.74, 6) is 5.20. The number of hydrogen-bond donors (Lipinski definition) is 2. The van der Waals surface area contributed by atoms with Crippen LogP contribution in [0.15, 0.2) is 18.2 Å². The first-order valence-electron chi connectivity index (χ1n) is 5.87. The number of aliphatic hydroxyl groups excluding tert-OH is 1. The molecule has 3 N–H and O–H groups in total. The lowest BCUT2D eigenvalue weighted by Crippen LogP contribution is -2.31. The van der Waals surface area contributed by atoms with Gasteiger partial charge in [-0.15, -0.1) is 0 Å². The molecular formula is C14H19FN2O. The summed E-state index contributed by atoms with van der Waals surface area (Å²) in [6, 6.07) is 4.91. The number of nitrogens with zero attached hydrogens (tertiary/aromatic N) is 1. The van der Waals surface area contributed by atoms with Gasteiger partial charge in [0.2, 0.25) is 0 Å². The minimum Gasteiger partial charge on any atom is -0.395 e. The number of nitrogens with two attached hydrogens (primary N) is 1. The van der Waals surface area contributed by atoms with Crippen LogP contribution in [-0.2, 0) is 6.54 Å². The average Bonchev–Trinajstić information content (AvgIpc) is 2.38. The van der Waals surface area contributed by atoms with Crippen molar-refractivity contribution in [2.24, 2.45) is 5.73 Å². The van der Waals surface area contributed by atoms with Crippen LogP contribution in [0.1, 0.15) is 18.1 Å². The third-order valence-corrected chi connectivity index (χ3v) is 2.82. The van der Waals surface area contributed by atoms with Crippen LogP contribution >= 0.6 is 0 Å². The van der Waals surface area contributed by atoms with Crippen molar-refractivity contribution in [1.82, 2.24) is 4.90 Å². The molecular weight excluding hydrogens is 231 g/mol. The molecule has 0 aliphatic rings. The molecule has 0 radical (unpaired) electrons. The monoisotopic (exact) mass is 250 g/mol. The predicted molar refractivity (Wildman–Crippen MR) is 70.3 cm³/mol. The Bertz CT molecular complexity index is 451. The van der Waals surface area contributed by atoms with E-state index in [2.05, 4.69) is 11.8 Å². The Kier molecular flexibility index (Phi) is 5.79. The van der Waals surface area contributed by atoms with E-state index in [0.29, 0.717) is 17.7 Å². The number of likely N-dealkylation sites (N-methyl/N-ethyl adjacent to an activating group) is 1. The predicted octanol–water partition coefficient (Wildman–Crippen LogP) is 0.949. The Labute approximate surface area is 107 Å². The van der Waals surface area contributed by atoms with E-state index in [0.717, 1.165) is 0 Å². The molecule has 18 heavy (non-hydrogen) atoms. The molecule has 0 fully saturated rings. The van der Waals surface area contributed by atoms with Gasteiger partial charge < -0.3 is 10.8 Å². The quantitative estimate of drug-likeness (QED) is 0.782. The van der Waals surface area contributed by atoms with Gasteiger partial charge in [-0.1, -0.05) is 17.9 Å². The highest BCUT2D eigenvalue weighted by Crippen LogP contribution is 2.13. The number of hydrogen-bond acceptors (Lipinski definition) is 3. The minimum absolute atomic E-state index is 0.00103. The Morgan fingerprint density at radius 2 is 2.22 bits per heavy atom. The van der Waals surface area contributed by atoms with Gasteiger partial charge in [-0.25, -0.2) is 4.39 Å². The maximum absolute atomic E-state index is 13.8. The minimum atomic E-state index is -0.282. The van der Waals surface area contributed by atoms with E-state index < -0.39 is 0 Å². The van der Waals surface area contributed by atoms with Crippen LogP contribution < -0.4 is 5.73 Å². The summed E-state index contributed by atoms with van der Waals surface area (Å²) in [6.07, 6.45) is 0. The summed E-state index contributed by atoms with van der Waals surface area (Å²) in [4.78, 5) is 1.89. The van der Waals surface area contributed by atoms with Gasteiger partial charge in [0.25, 0.3) is 0 Å². The summed E-state index contributed by atoms with van der Waals surface area (Å²) in [5, 5.41) is 9.03. The molecule has 1 atom stereocenters. The van der Waals surface area contributed by atoms with E-state index in [1.165, 1.54) is 6.07 Å². The largest absolute Gasteiger partial charge is 0.395 e. The molecule has 0 saturated carbocycles. The molecule has 1 aromatic rings. The van der Waals surface area contributed by atoms with E-state index >= 15 is 0 Å². The fraction of sp³-hybridized carbons (Fsp3) is 0.429. The van der Waals surface area contributed by atoms with Gasteiger partial charge in [0.1, 0.15) is 5.82 Å². The number of aliphatic hydroxyl groups is 1. The average molecular weight is 250 g/mol. The summed E-state index contributed by atoms with van der Waals surface area (Å²) < 4.78 is 13.8. The highest BCUT2D eigenvalue weighted by Gasteiger charge is 2.11. The smallest absolute Gasteiger partial charge is 0.128 e. The Balaban J connectivity index is 2.79. The topological polar surface area (TPSA) is 49.5 Å². The standard InChI is InChI=1S/C14H19FN2O/c1-11(10-18)17(2)9-13-6-5-12(4-3-7-16)8-14(13)15/h5-6,8,11,18H,7,9-10,16H2,1-2H3. The normalized spacial score (nSPS) is 12.1. The molecule has 0 aliphatic carbocycles. The molecule has 98 valence electrons. The third-order valence-electron chi connectivity index (χ3n) is 2.82. The number of benzene rings is 1. The van der Waals surface area contributed by atoms with Crippen molar-refractivity contribution in [1.29, 1.82) is 0 Å². The molecule has 0 bridgehead atoms. The first-order chi connectivity index (χ1) is 8.58. The van der Waals surface area contributed by atoms with E-state index in [9.17, 15) is 4.39 Å². The van der Waals surface area contributed by atoms with Crippen LogP contribution in [0, 0.1) is 17.7 Å². The molecule has 1 unspecified atom stereocenters. The van der Waals surface area contributed by atoms with E-state index in [1.807, 2.05) is 18.9 Å². The summed E-state index contributed by atoms with van der Waals surface area (Å²) in [6.45, 7) is 2.66.